The summed E-state index contributed by atoms with van der Waals surface area (Å²) in [6.45, 7) is 0.267. The molecule has 2 rings (SSSR count). The number of amides is 4. The zero-order chi connectivity index (χ0) is 13.1. The van der Waals surface area contributed by atoms with Gasteiger partial charge >= 0.3 is 0 Å². The SMILES string of the molecule is O=C1C=CC(=O)N1C/C=C/CN1C(=O)C=CC1=O. The summed E-state index contributed by atoms with van der Waals surface area (Å²) >= 11 is 0. The predicted molar refractivity (Wildman–Crippen MR) is 60.9 cm³/mol. The fourth-order valence-electron chi connectivity index (χ4n) is 1.58. The van der Waals surface area contributed by atoms with E-state index in [4.69, 9.17) is 0 Å². The molecule has 0 unspecified atom stereocenters. The highest BCUT2D eigenvalue weighted by Crippen LogP contribution is 2.05. The molecule has 0 atom stereocenters. The first-order valence-corrected chi connectivity index (χ1v) is 5.31. The largest absolute Gasteiger partial charge is 0.272 e. The van der Waals surface area contributed by atoms with Gasteiger partial charge in [-0.2, -0.15) is 0 Å². The molecule has 18 heavy (non-hydrogen) atoms. The second kappa shape index (κ2) is 4.79. The Labute approximate surface area is 103 Å². The van der Waals surface area contributed by atoms with Gasteiger partial charge in [-0.05, 0) is 0 Å². The minimum absolute atomic E-state index is 0.133. The van der Waals surface area contributed by atoms with E-state index in [0.29, 0.717) is 0 Å². The van der Waals surface area contributed by atoms with Crippen LogP contribution in [-0.2, 0) is 19.2 Å². The highest BCUT2D eigenvalue weighted by molar-refractivity contribution is 6.13. The maximum atomic E-state index is 11.2. The molecule has 0 bridgehead atoms. The quantitative estimate of drug-likeness (QED) is 0.490. The van der Waals surface area contributed by atoms with Crippen LogP contribution < -0.4 is 0 Å². The molecule has 2 heterocycles. The lowest BCUT2D eigenvalue weighted by molar-refractivity contribution is -0.137. The molecule has 0 N–H and O–H groups in total. The zero-order valence-electron chi connectivity index (χ0n) is 9.41. The topological polar surface area (TPSA) is 74.8 Å². The van der Waals surface area contributed by atoms with Crippen LogP contribution in [0.5, 0.6) is 0 Å². The first-order valence-electron chi connectivity index (χ1n) is 5.31. The van der Waals surface area contributed by atoms with Gasteiger partial charge in [-0.15, -0.1) is 0 Å². The Morgan fingerprint density at radius 2 is 0.944 bits per heavy atom. The van der Waals surface area contributed by atoms with Gasteiger partial charge in [0.15, 0.2) is 0 Å². The van der Waals surface area contributed by atoms with Crippen LogP contribution in [0.1, 0.15) is 0 Å². The van der Waals surface area contributed by atoms with E-state index < -0.39 is 0 Å². The normalized spacial score (nSPS) is 19.1. The second-order valence-corrected chi connectivity index (χ2v) is 3.71. The molecule has 0 aromatic heterocycles. The van der Waals surface area contributed by atoms with Gasteiger partial charge in [-0.25, -0.2) is 0 Å². The van der Waals surface area contributed by atoms with Gasteiger partial charge in [0.05, 0.1) is 0 Å². The van der Waals surface area contributed by atoms with Crippen molar-refractivity contribution in [2.75, 3.05) is 13.1 Å². The smallest absolute Gasteiger partial charge is 0.253 e. The van der Waals surface area contributed by atoms with Crippen molar-refractivity contribution in [3.63, 3.8) is 0 Å². The minimum atomic E-state index is -0.361. The molecule has 0 aromatic carbocycles. The molecular weight excluding hydrogens is 236 g/mol. The van der Waals surface area contributed by atoms with E-state index in [-0.39, 0.29) is 36.7 Å². The van der Waals surface area contributed by atoms with E-state index in [0.717, 1.165) is 9.80 Å². The summed E-state index contributed by atoms with van der Waals surface area (Å²) in [6, 6.07) is 0. The van der Waals surface area contributed by atoms with Crippen molar-refractivity contribution < 1.29 is 19.2 Å². The van der Waals surface area contributed by atoms with E-state index in [1.54, 1.807) is 12.2 Å². The van der Waals surface area contributed by atoms with Gasteiger partial charge in [0.1, 0.15) is 0 Å². The molecule has 0 spiro atoms. The van der Waals surface area contributed by atoms with Crippen molar-refractivity contribution in [2.24, 2.45) is 0 Å². The van der Waals surface area contributed by atoms with Crippen LogP contribution in [-0.4, -0.2) is 46.5 Å². The summed E-state index contributed by atoms with van der Waals surface area (Å²) < 4.78 is 0. The van der Waals surface area contributed by atoms with Crippen LogP contribution >= 0.6 is 0 Å². The van der Waals surface area contributed by atoms with Crippen molar-refractivity contribution in [2.45, 2.75) is 0 Å². The molecule has 2 aliphatic rings. The number of carbonyl (C=O) groups is 4. The van der Waals surface area contributed by atoms with Crippen LogP contribution in [0.2, 0.25) is 0 Å². The standard InChI is InChI=1S/C12H10N2O4/c15-9-3-4-10(16)13(9)7-1-2-8-14-11(17)5-6-12(14)18/h1-6H,7-8H2/b2-1+. The minimum Gasteiger partial charge on any atom is -0.272 e. The number of rotatable bonds is 4. The average Bonchev–Trinajstić information content (AvgIpc) is 2.82. The summed E-state index contributed by atoms with van der Waals surface area (Å²) in [5, 5.41) is 0. The van der Waals surface area contributed by atoms with Crippen molar-refractivity contribution in [3.8, 4) is 0 Å². The lowest BCUT2D eigenvalue weighted by Crippen LogP contribution is -2.31. The van der Waals surface area contributed by atoms with E-state index in [1.165, 1.54) is 24.3 Å². The summed E-state index contributed by atoms with van der Waals surface area (Å²) in [6.07, 6.45) is 7.95. The van der Waals surface area contributed by atoms with Crippen molar-refractivity contribution in [1.29, 1.82) is 0 Å². The summed E-state index contributed by atoms with van der Waals surface area (Å²) in [7, 11) is 0. The first-order chi connectivity index (χ1) is 8.59. The van der Waals surface area contributed by atoms with Crippen LogP contribution in [0.25, 0.3) is 0 Å². The molecule has 6 nitrogen and oxygen atoms in total. The molecule has 0 aromatic rings. The maximum absolute atomic E-state index is 11.2. The van der Waals surface area contributed by atoms with Crippen LogP contribution in [0, 0.1) is 0 Å². The van der Waals surface area contributed by atoms with Crippen molar-refractivity contribution in [3.05, 3.63) is 36.5 Å². The average molecular weight is 246 g/mol. The molecule has 4 amide bonds. The van der Waals surface area contributed by atoms with Crippen LogP contribution in [0.4, 0.5) is 0 Å². The Hall–Kier alpha value is -2.50. The molecule has 0 aliphatic carbocycles. The Balaban J connectivity index is 1.83. The van der Waals surface area contributed by atoms with Gasteiger partial charge in [-0.1, -0.05) is 12.2 Å². The number of carbonyl (C=O) groups excluding carboxylic acids is 4. The molecule has 0 saturated heterocycles. The van der Waals surface area contributed by atoms with Gasteiger partial charge < -0.3 is 0 Å². The Kier molecular flexibility index (Phi) is 3.18. The summed E-state index contributed by atoms with van der Waals surface area (Å²) in [5.41, 5.74) is 0. The Bertz CT molecular complexity index is 434. The molecule has 92 valence electrons. The zero-order valence-corrected chi connectivity index (χ0v) is 9.41. The maximum Gasteiger partial charge on any atom is 0.253 e. The first kappa shape index (κ1) is 12.0. The molecule has 0 radical (unpaired) electrons. The number of hydrogen-bond acceptors (Lipinski definition) is 4. The van der Waals surface area contributed by atoms with Crippen molar-refractivity contribution in [1.82, 2.24) is 9.80 Å². The third-order valence-electron chi connectivity index (χ3n) is 2.54. The number of imide groups is 2. The molecule has 0 fully saturated rings. The monoisotopic (exact) mass is 246 g/mol. The van der Waals surface area contributed by atoms with E-state index >= 15 is 0 Å². The van der Waals surface area contributed by atoms with E-state index in [9.17, 15) is 19.2 Å². The van der Waals surface area contributed by atoms with Gasteiger partial charge in [0, 0.05) is 37.4 Å². The lowest BCUT2D eigenvalue weighted by atomic mass is 10.4. The van der Waals surface area contributed by atoms with Crippen LogP contribution in [0.3, 0.4) is 0 Å². The van der Waals surface area contributed by atoms with Gasteiger partial charge in [0.2, 0.25) is 0 Å². The number of nitrogens with zero attached hydrogens (tertiary/aromatic N) is 2. The molecule has 6 heteroatoms. The third-order valence-corrected chi connectivity index (χ3v) is 2.54. The van der Waals surface area contributed by atoms with Crippen molar-refractivity contribution >= 4 is 23.6 Å². The molecule has 0 saturated carbocycles. The fourth-order valence-corrected chi connectivity index (χ4v) is 1.58. The summed E-state index contributed by atoms with van der Waals surface area (Å²) in [5.74, 6) is -1.45. The Morgan fingerprint density at radius 1 is 0.667 bits per heavy atom. The highest BCUT2D eigenvalue weighted by atomic mass is 16.2. The molecular formula is C12H10N2O4. The third kappa shape index (κ3) is 2.27. The highest BCUT2D eigenvalue weighted by Gasteiger charge is 2.23. The Morgan fingerprint density at radius 3 is 1.22 bits per heavy atom. The fraction of sp³-hybridized carbons (Fsp3) is 0.167. The molecule has 2 aliphatic heterocycles. The van der Waals surface area contributed by atoms with E-state index in [1.807, 2.05) is 0 Å². The number of hydrogen-bond donors (Lipinski definition) is 0. The second-order valence-electron chi connectivity index (χ2n) is 3.71. The van der Waals surface area contributed by atoms with Gasteiger partial charge in [0.25, 0.3) is 23.6 Å². The van der Waals surface area contributed by atoms with E-state index in [2.05, 4.69) is 0 Å². The van der Waals surface area contributed by atoms with Crippen LogP contribution in [0.15, 0.2) is 36.5 Å². The predicted octanol–water partition coefficient (Wildman–Crippen LogP) is -0.607. The van der Waals surface area contributed by atoms with Gasteiger partial charge in [-0.3, -0.25) is 29.0 Å². The summed E-state index contributed by atoms with van der Waals surface area (Å²) in [4.78, 5) is 46.9. The lowest BCUT2D eigenvalue weighted by Gasteiger charge is -2.12.